The Balaban J connectivity index is 0.000000209. The Morgan fingerprint density at radius 1 is 0.500 bits per heavy atom. The number of epoxide rings is 2. The normalized spacial score (nSPS) is 15.3. The maximum absolute atomic E-state index is 8.80. The van der Waals surface area contributed by atoms with Crippen molar-refractivity contribution in [3.05, 3.63) is 144 Å². The predicted molar refractivity (Wildman–Crippen MR) is 184 cm³/mol. The summed E-state index contributed by atoms with van der Waals surface area (Å²) in [6.45, 7) is 4.00. The smallest absolute Gasteiger partial charge is 0.104 e. The van der Waals surface area contributed by atoms with Crippen LogP contribution in [0.25, 0.3) is 0 Å². The Kier molecular flexibility index (Phi) is 21.7. The number of aliphatic hydroxyl groups excluding tert-OH is 1. The van der Waals surface area contributed by atoms with Gasteiger partial charge in [0.2, 0.25) is 0 Å². The van der Waals surface area contributed by atoms with Crippen molar-refractivity contribution in [2.24, 2.45) is 0 Å². The van der Waals surface area contributed by atoms with E-state index in [1.807, 2.05) is 0 Å². The summed E-state index contributed by atoms with van der Waals surface area (Å²) in [4.78, 5) is 0. The molecule has 0 spiro atoms. The number of methoxy groups -OCH3 is 4. The van der Waals surface area contributed by atoms with Gasteiger partial charge in [-0.15, -0.1) is 0 Å². The molecular formula is C39H52O7. The molecule has 7 nitrogen and oxygen atoms in total. The van der Waals surface area contributed by atoms with Crippen LogP contribution < -0.4 is 0 Å². The lowest BCUT2D eigenvalue weighted by molar-refractivity contribution is 0.00980. The van der Waals surface area contributed by atoms with Crippen molar-refractivity contribution in [2.45, 2.75) is 31.2 Å². The molecule has 2 atom stereocenters. The van der Waals surface area contributed by atoms with E-state index < -0.39 is 6.10 Å². The van der Waals surface area contributed by atoms with Crippen LogP contribution in [0.5, 0.6) is 0 Å². The van der Waals surface area contributed by atoms with Gasteiger partial charge in [0.25, 0.3) is 0 Å². The molecule has 0 bridgehead atoms. The van der Waals surface area contributed by atoms with E-state index in [1.54, 1.807) is 28.4 Å². The average molecular weight is 633 g/mol. The first-order chi connectivity index (χ1) is 22.6. The molecule has 2 heterocycles. The van der Waals surface area contributed by atoms with Crippen molar-refractivity contribution < 1.29 is 33.5 Å². The highest BCUT2D eigenvalue weighted by atomic mass is 16.6. The summed E-state index contributed by atoms with van der Waals surface area (Å²) in [5.41, 5.74) is 5.48. The van der Waals surface area contributed by atoms with Gasteiger partial charge in [0.05, 0.1) is 39.6 Å². The molecule has 1 N–H and O–H groups in total. The standard InChI is InChI=1S/2C13H12.C5H12O3.2C4H8O2/c2*1-3-7-12(8-4-1)11-13-9-5-2-6-10-13;1-7-3-5(6)4-8-2;2*1-5-2-4-3-6-4/h2*1-10H,11H2;5-6H,3-4H2,1-2H3;2*4H,2-3H2,1H3. The zero-order valence-corrected chi connectivity index (χ0v) is 27.8. The van der Waals surface area contributed by atoms with Crippen LogP contribution in [-0.4, -0.2) is 91.5 Å². The summed E-state index contributed by atoms with van der Waals surface area (Å²) in [5, 5.41) is 8.80. The Morgan fingerprint density at radius 2 is 0.761 bits per heavy atom. The highest BCUT2D eigenvalue weighted by molar-refractivity contribution is 5.26. The zero-order chi connectivity index (χ0) is 33.1. The molecule has 2 aliphatic rings. The minimum Gasteiger partial charge on any atom is -0.388 e. The van der Waals surface area contributed by atoms with Crippen LogP contribution in [0.3, 0.4) is 0 Å². The summed E-state index contributed by atoms with van der Waals surface area (Å²) in [7, 11) is 6.45. The molecule has 0 amide bonds. The SMILES string of the molecule is COCC(O)COC.COCC1CO1.COCC1CO1.c1ccc(Cc2ccccc2)cc1.c1ccc(Cc2ccccc2)cc1. The second-order valence-corrected chi connectivity index (χ2v) is 10.7. The van der Waals surface area contributed by atoms with E-state index in [4.69, 9.17) is 24.1 Å². The molecule has 2 aliphatic heterocycles. The van der Waals surface area contributed by atoms with Gasteiger partial charge >= 0.3 is 0 Å². The quantitative estimate of drug-likeness (QED) is 0.185. The number of aliphatic hydroxyl groups is 1. The van der Waals surface area contributed by atoms with Crippen molar-refractivity contribution in [3.63, 3.8) is 0 Å². The molecule has 0 saturated carbocycles. The summed E-state index contributed by atoms with van der Waals surface area (Å²) in [6.07, 6.45) is 2.43. The lowest BCUT2D eigenvalue weighted by atomic mass is 10.1. The van der Waals surface area contributed by atoms with Crippen molar-refractivity contribution >= 4 is 0 Å². The van der Waals surface area contributed by atoms with E-state index in [0.717, 1.165) is 39.3 Å². The van der Waals surface area contributed by atoms with Gasteiger partial charge in [-0.05, 0) is 35.1 Å². The Labute approximate surface area is 276 Å². The lowest BCUT2D eigenvalue weighted by Crippen LogP contribution is -2.19. The van der Waals surface area contributed by atoms with Crippen LogP contribution >= 0.6 is 0 Å². The molecule has 2 unspecified atom stereocenters. The van der Waals surface area contributed by atoms with Crippen LogP contribution in [0.2, 0.25) is 0 Å². The van der Waals surface area contributed by atoms with E-state index >= 15 is 0 Å². The average Bonchev–Trinajstić information content (AvgIpc) is 4.03. The zero-order valence-electron chi connectivity index (χ0n) is 27.8. The molecule has 0 aliphatic carbocycles. The number of rotatable bonds is 12. The summed E-state index contributed by atoms with van der Waals surface area (Å²) in [5.74, 6) is 0. The third kappa shape index (κ3) is 21.4. The Morgan fingerprint density at radius 3 is 0.935 bits per heavy atom. The fourth-order valence-corrected chi connectivity index (χ4v) is 3.99. The minimum atomic E-state index is -0.481. The van der Waals surface area contributed by atoms with Gasteiger partial charge in [0.1, 0.15) is 18.3 Å². The van der Waals surface area contributed by atoms with Crippen LogP contribution in [0.15, 0.2) is 121 Å². The third-order valence-electron chi connectivity index (χ3n) is 6.42. The molecule has 0 aromatic heterocycles. The van der Waals surface area contributed by atoms with Gasteiger partial charge in [-0.3, -0.25) is 0 Å². The van der Waals surface area contributed by atoms with Crippen LogP contribution in [0.1, 0.15) is 22.3 Å². The summed E-state index contributed by atoms with van der Waals surface area (Å²) < 4.78 is 28.4. The molecule has 2 fully saturated rings. The number of ether oxygens (including phenoxy) is 6. The predicted octanol–water partition coefficient (Wildman–Crippen LogP) is 6.26. The second kappa shape index (κ2) is 25.8. The van der Waals surface area contributed by atoms with Gasteiger partial charge < -0.3 is 33.5 Å². The van der Waals surface area contributed by atoms with Crippen molar-refractivity contribution in [1.82, 2.24) is 0 Å². The third-order valence-corrected chi connectivity index (χ3v) is 6.42. The van der Waals surface area contributed by atoms with Gasteiger partial charge in [0.15, 0.2) is 0 Å². The van der Waals surface area contributed by atoms with E-state index in [1.165, 1.54) is 22.3 Å². The minimum absolute atomic E-state index is 0.341. The summed E-state index contributed by atoms with van der Waals surface area (Å²) in [6, 6.07) is 42.1. The fraction of sp³-hybridized carbons (Fsp3) is 0.385. The number of hydrogen-bond acceptors (Lipinski definition) is 7. The molecular weight excluding hydrogens is 580 g/mol. The van der Waals surface area contributed by atoms with E-state index in [-0.39, 0.29) is 0 Å². The first kappa shape index (κ1) is 38.8. The van der Waals surface area contributed by atoms with Gasteiger partial charge in [-0.25, -0.2) is 0 Å². The van der Waals surface area contributed by atoms with Crippen molar-refractivity contribution in [1.29, 1.82) is 0 Å². The Hall–Kier alpha value is -3.40. The monoisotopic (exact) mass is 632 g/mol. The molecule has 46 heavy (non-hydrogen) atoms. The molecule has 7 heteroatoms. The van der Waals surface area contributed by atoms with Crippen LogP contribution in [-0.2, 0) is 41.3 Å². The first-order valence-corrected chi connectivity index (χ1v) is 15.6. The van der Waals surface area contributed by atoms with Crippen LogP contribution in [0.4, 0.5) is 0 Å². The maximum atomic E-state index is 8.80. The molecule has 250 valence electrons. The lowest BCUT2D eigenvalue weighted by Gasteiger charge is -2.05. The summed E-state index contributed by atoms with van der Waals surface area (Å²) >= 11 is 0. The van der Waals surface area contributed by atoms with Gasteiger partial charge in [0, 0.05) is 28.4 Å². The molecule has 0 radical (unpaired) electrons. The second-order valence-electron chi connectivity index (χ2n) is 10.7. The topological polar surface area (TPSA) is 82.2 Å². The molecule has 2 saturated heterocycles. The largest absolute Gasteiger partial charge is 0.388 e. The van der Waals surface area contributed by atoms with Crippen molar-refractivity contribution in [3.8, 4) is 0 Å². The Bertz CT molecular complexity index is 1030. The number of hydrogen-bond donors (Lipinski definition) is 1. The van der Waals surface area contributed by atoms with Crippen LogP contribution in [0, 0.1) is 0 Å². The van der Waals surface area contributed by atoms with Crippen molar-refractivity contribution in [2.75, 3.05) is 68.1 Å². The maximum Gasteiger partial charge on any atom is 0.104 e. The molecule has 4 aromatic rings. The molecule has 4 aromatic carbocycles. The highest BCUT2D eigenvalue weighted by Crippen LogP contribution is 2.09. The van der Waals surface area contributed by atoms with Gasteiger partial charge in [-0.1, -0.05) is 121 Å². The number of benzene rings is 4. The van der Waals surface area contributed by atoms with E-state index in [2.05, 4.69) is 131 Å². The fourth-order valence-electron chi connectivity index (χ4n) is 3.99. The highest BCUT2D eigenvalue weighted by Gasteiger charge is 2.21. The molecule has 6 rings (SSSR count). The first-order valence-electron chi connectivity index (χ1n) is 15.6. The van der Waals surface area contributed by atoms with E-state index in [9.17, 15) is 0 Å². The van der Waals surface area contributed by atoms with E-state index in [0.29, 0.717) is 25.4 Å². The van der Waals surface area contributed by atoms with Gasteiger partial charge in [-0.2, -0.15) is 0 Å².